The van der Waals surface area contributed by atoms with Gasteiger partial charge in [-0.3, -0.25) is 4.79 Å². The van der Waals surface area contributed by atoms with Gasteiger partial charge in [0, 0.05) is 16.3 Å². The molecule has 0 aliphatic rings. The molecule has 6 nitrogen and oxygen atoms in total. The number of nitrogens with zero attached hydrogens (tertiary/aromatic N) is 4. The zero-order valence-corrected chi connectivity index (χ0v) is 11.5. The highest BCUT2D eigenvalue weighted by Crippen LogP contribution is 2.15. The zero-order valence-electron chi connectivity index (χ0n) is 10.8. The van der Waals surface area contributed by atoms with E-state index in [0.29, 0.717) is 16.3 Å². The van der Waals surface area contributed by atoms with Gasteiger partial charge in [0.15, 0.2) is 0 Å². The van der Waals surface area contributed by atoms with E-state index in [1.54, 1.807) is 36.4 Å². The van der Waals surface area contributed by atoms with Crippen LogP contribution in [0.15, 0.2) is 54.9 Å². The fraction of sp³-hybridized carbons (Fsp3) is 0. The molecule has 0 saturated heterocycles. The second-order valence-electron chi connectivity index (χ2n) is 4.27. The molecule has 0 atom stereocenters. The molecule has 7 heteroatoms. The maximum atomic E-state index is 12.1. The van der Waals surface area contributed by atoms with Crippen LogP contribution in [0.4, 0.5) is 5.69 Å². The highest BCUT2D eigenvalue weighted by molar-refractivity contribution is 6.31. The molecule has 2 aromatic carbocycles. The lowest BCUT2D eigenvalue weighted by Crippen LogP contribution is -2.11. The van der Waals surface area contributed by atoms with E-state index in [4.69, 9.17) is 11.6 Å². The summed E-state index contributed by atoms with van der Waals surface area (Å²) in [6, 6.07) is 14.0. The lowest BCUT2D eigenvalue weighted by Gasteiger charge is -2.06. The summed E-state index contributed by atoms with van der Waals surface area (Å²) in [4.78, 5) is 12.1. The topological polar surface area (TPSA) is 72.7 Å². The van der Waals surface area contributed by atoms with Gasteiger partial charge < -0.3 is 5.32 Å². The van der Waals surface area contributed by atoms with Crippen molar-refractivity contribution in [3.05, 3.63) is 65.4 Å². The smallest absolute Gasteiger partial charge is 0.255 e. The van der Waals surface area contributed by atoms with Crippen molar-refractivity contribution in [1.29, 1.82) is 0 Å². The molecule has 0 aliphatic carbocycles. The molecule has 3 rings (SSSR count). The van der Waals surface area contributed by atoms with Gasteiger partial charge in [-0.15, -0.1) is 5.10 Å². The van der Waals surface area contributed by atoms with Gasteiger partial charge in [0.2, 0.25) is 0 Å². The van der Waals surface area contributed by atoms with E-state index < -0.39 is 0 Å². The van der Waals surface area contributed by atoms with Crippen LogP contribution >= 0.6 is 11.6 Å². The van der Waals surface area contributed by atoms with Crippen molar-refractivity contribution >= 4 is 23.2 Å². The lowest BCUT2D eigenvalue weighted by molar-refractivity contribution is 0.102. The number of hydrogen-bond donors (Lipinski definition) is 1. The standard InChI is InChI=1S/C14H10ClN5O/c15-11-3-1-2-10(8-11)14(21)17-12-4-6-13(7-5-12)20-9-16-18-19-20/h1-9H,(H,17,21). The average molecular weight is 300 g/mol. The summed E-state index contributed by atoms with van der Waals surface area (Å²) in [5.74, 6) is -0.215. The second-order valence-corrected chi connectivity index (χ2v) is 4.70. The SMILES string of the molecule is O=C(Nc1ccc(-n2cnnn2)cc1)c1cccc(Cl)c1. The molecule has 0 unspecified atom stereocenters. The number of aromatic nitrogens is 4. The fourth-order valence-corrected chi connectivity index (χ4v) is 2.00. The van der Waals surface area contributed by atoms with E-state index in [1.165, 1.54) is 11.0 Å². The van der Waals surface area contributed by atoms with E-state index >= 15 is 0 Å². The van der Waals surface area contributed by atoms with Crippen LogP contribution in [0.25, 0.3) is 5.69 Å². The molecule has 0 aliphatic heterocycles. The first-order valence-electron chi connectivity index (χ1n) is 6.13. The molecule has 0 spiro atoms. The number of carbonyl (C=O) groups excluding carboxylic acids is 1. The van der Waals surface area contributed by atoms with Gasteiger partial charge in [-0.05, 0) is 52.9 Å². The Labute approximate surface area is 125 Å². The van der Waals surface area contributed by atoms with Crippen LogP contribution < -0.4 is 5.32 Å². The summed E-state index contributed by atoms with van der Waals surface area (Å²) >= 11 is 5.87. The van der Waals surface area contributed by atoms with Crippen LogP contribution in [-0.2, 0) is 0 Å². The molecule has 0 fully saturated rings. The van der Waals surface area contributed by atoms with Gasteiger partial charge in [-0.25, -0.2) is 4.68 Å². The van der Waals surface area contributed by atoms with E-state index in [9.17, 15) is 4.79 Å². The van der Waals surface area contributed by atoms with Crippen LogP contribution in [0.1, 0.15) is 10.4 Å². The summed E-state index contributed by atoms with van der Waals surface area (Å²) in [5, 5.41) is 14.2. The van der Waals surface area contributed by atoms with Crippen molar-refractivity contribution in [3.8, 4) is 5.69 Å². The minimum Gasteiger partial charge on any atom is -0.322 e. The zero-order chi connectivity index (χ0) is 14.7. The van der Waals surface area contributed by atoms with Crippen molar-refractivity contribution in [2.24, 2.45) is 0 Å². The molecule has 21 heavy (non-hydrogen) atoms. The number of amides is 1. The maximum absolute atomic E-state index is 12.1. The van der Waals surface area contributed by atoms with Crippen molar-refractivity contribution in [2.45, 2.75) is 0 Å². The van der Waals surface area contributed by atoms with E-state index in [-0.39, 0.29) is 5.91 Å². The minimum atomic E-state index is -0.215. The Balaban J connectivity index is 1.75. The number of hydrogen-bond acceptors (Lipinski definition) is 4. The third-order valence-electron chi connectivity index (χ3n) is 2.83. The summed E-state index contributed by atoms with van der Waals surface area (Å²) in [6.07, 6.45) is 1.50. The van der Waals surface area contributed by atoms with Crippen LogP contribution in [0, 0.1) is 0 Å². The summed E-state index contributed by atoms with van der Waals surface area (Å²) in [7, 11) is 0. The van der Waals surface area contributed by atoms with Crippen LogP contribution in [-0.4, -0.2) is 26.1 Å². The summed E-state index contributed by atoms with van der Waals surface area (Å²) in [6.45, 7) is 0. The van der Waals surface area contributed by atoms with Gasteiger partial charge in [-0.2, -0.15) is 0 Å². The number of tetrazole rings is 1. The third-order valence-corrected chi connectivity index (χ3v) is 3.06. The molecule has 104 valence electrons. The number of carbonyl (C=O) groups is 1. The van der Waals surface area contributed by atoms with Crippen molar-refractivity contribution in [2.75, 3.05) is 5.32 Å². The summed E-state index contributed by atoms with van der Waals surface area (Å²) in [5.41, 5.74) is 1.99. The monoisotopic (exact) mass is 299 g/mol. The molecule has 1 N–H and O–H groups in total. The molecule has 0 radical (unpaired) electrons. The van der Waals surface area contributed by atoms with Crippen LogP contribution in [0.2, 0.25) is 5.02 Å². The molecule has 1 heterocycles. The second kappa shape index (κ2) is 5.72. The predicted octanol–water partition coefficient (Wildman–Crippen LogP) is 2.57. The van der Waals surface area contributed by atoms with Crippen LogP contribution in [0.5, 0.6) is 0 Å². The molecule has 0 saturated carbocycles. The number of halogens is 1. The average Bonchev–Trinajstić information content (AvgIpc) is 3.02. The molecular weight excluding hydrogens is 290 g/mol. The first-order valence-corrected chi connectivity index (χ1v) is 6.50. The predicted molar refractivity (Wildman–Crippen MR) is 78.6 cm³/mol. The van der Waals surface area contributed by atoms with Gasteiger partial charge >= 0.3 is 0 Å². The number of nitrogens with one attached hydrogen (secondary N) is 1. The van der Waals surface area contributed by atoms with Gasteiger partial charge in [0.25, 0.3) is 5.91 Å². The normalized spacial score (nSPS) is 10.3. The molecule has 1 amide bonds. The molecular formula is C14H10ClN5O. The lowest BCUT2D eigenvalue weighted by atomic mass is 10.2. The Morgan fingerprint density at radius 1 is 1.14 bits per heavy atom. The van der Waals surface area contributed by atoms with Crippen molar-refractivity contribution < 1.29 is 4.79 Å². The van der Waals surface area contributed by atoms with Crippen molar-refractivity contribution in [1.82, 2.24) is 20.2 Å². The highest BCUT2D eigenvalue weighted by Gasteiger charge is 2.06. The van der Waals surface area contributed by atoms with E-state index in [2.05, 4.69) is 20.8 Å². The molecule has 3 aromatic rings. The van der Waals surface area contributed by atoms with Gasteiger partial charge in [0.1, 0.15) is 6.33 Å². The van der Waals surface area contributed by atoms with Crippen LogP contribution in [0.3, 0.4) is 0 Å². The van der Waals surface area contributed by atoms with Gasteiger partial charge in [-0.1, -0.05) is 17.7 Å². The highest BCUT2D eigenvalue weighted by atomic mass is 35.5. The quantitative estimate of drug-likeness (QED) is 0.806. The Morgan fingerprint density at radius 3 is 2.62 bits per heavy atom. The largest absolute Gasteiger partial charge is 0.322 e. The first kappa shape index (κ1) is 13.3. The fourth-order valence-electron chi connectivity index (χ4n) is 1.81. The Bertz CT molecular complexity index is 755. The Morgan fingerprint density at radius 2 is 1.95 bits per heavy atom. The van der Waals surface area contributed by atoms with Crippen molar-refractivity contribution in [3.63, 3.8) is 0 Å². The molecule has 0 bridgehead atoms. The first-order chi connectivity index (χ1) is 10.2. The Kier molecular flexibility index (Phi) is 3.61. The number of anilines is 1. The Hall–Kier alpha value is -2.73. The van der Waals surface area contributed by atoms with E-state index in [1.807, 2.05) is 12.1 Å². The summed E-state index contributed by atoms with van der Waals surface area (Å²) < 4.78 is 1.53. The maximum Gasteiger partial charge on any atom is 0.255 e. The number of rotatable bonds is 3. The van der Waals surface area contributed by atoms with Gasteiger partial charge in [0.05, 0.1) is 5.69 Å². The minimum absolute atomic E-state index is 0.215. The molecule has 1 aromatic heterocycles. The van der Waals surface area contributed by atoms with E-state index in [0.717, 1.165) is 5.69 Å². The third kappa shape index (κ3) is 3.06. The number of benzene rings is 2.